The van der Waals surface area contributed by atoms with Crippen molar-refractivity contribution in [2.45, 2.75) is 18.8 Å². The van der Waals surface area contributed by atoms with Gasteiger partial charge >= 0.3 is 18.2 Å². The van der Waals surface area contributed by atoms with Gasteiger partial charge in [0, 0.05) is 52.1 Å². The largest absolute Gasteiger partial charge is 0.490 e. The first-order valence-electron chi connectivity index (χ1n) is 8.68. The zero-order chi connectivity index (χ0) is 20.9. The summed E-state index contributed by atoms with van der Waals surface area (Å²) in [7, 11) is 3.53. The van der Waals surface area contributed by atoms with Crippen LogP contribution in [0.25, 0.3) is 0 Å². The van der Waals surface area contributed by atoms with E-state index in [0.717, 1.165) is 26.2 Å². The predicted octanol–water partition coefficient (Wildman–Crippen LogP) is 2.10. The highest BCUT2D eigenvalue weighted by atomic mass is 32.1. The van der Waals surface area contributed by atoms with Crippen LogP contribution in [0.3, 0.4) is 0 Å². The number of alkyl halides is 3. The summed E-state index contributed by atoms with van der Waals surface area (Å²) in [4.78, 5) is 24.6. The van der Waals surface area contributed by atoms with Crippen molar-refractivity contribution in [2.75, 3.05) is 40.3 Å². The van der Waals surface area contributed by atoms with Crippen LogP contribution in [-0.4, -0.2) is 79.5 Å². The van der Waals surface area contributed by atoms with Crippen LogP contribution in [0.1, 0.15) is 5.56 Å². The van der Waals surface area contributed by atoms with Crippen LogP contribution in [-0.2, 0) is 16.1 Å². The van der Waals surface area contributed by atoms with Crippen molar-refractivity contribution < 1.29 is 32.6 Å². The molecule has 0 spiro atoms. The van der Waals surface area contributed by atoms with E-state index in [1.807, 2.05) is 0 Å². The first kappa shape index (κ1) is 22.4. The van der Waals surface area contributed by atoms with E-state index in [2.05, 4.69) is 27.0 Å². The maximum absolute atomic E-state index is 11.6. The summed E-state index contributed by atoms with van der Waals surface area (Å²) in [5.41, 5.74) is 1.39. The van der Waals surface area contributed by atoms with Crippen LogP contribution in [0.15, 0.2) is 16.8 Å². The molecule has 2 saturated heterocycles. The Labute approximate surface area is 165 Å². The minimum atomic E-state index is -5.08. The molecule has 158 valence electrons. The number of hydrogen-bond acceptors (Lipinski definition) is 5. The molecule has 3 rings (SSSR count). The van der Waals surface area contributed by atoms with Gasteiger partial charge in [-0.1, -0.05) is 0 Å². The van der Waals surface area contributed by atoms with Crippen molar-refractivity contribution in [3.63, 3.8) is 0 Å². The van der Waals surface area contributed by atoms with Crippen LogP contribution >= 0.6 is 11.3 Å². The molecule has 3 atom stereocenters. The molecule has 2 aliphatic heterocycles. The van der Waals surface area contributed by atoms with Gasteiger partial charge in [0.1, 0.15) is 0 Å². The van der Waals surface area contributed by atoms with Gasteiger partial charge in [-0.3, -0.25) is 4.90 Å². The van der Waals surface area contributed by atoms with Gasteiger partial charge in [0.25, 0.3) is 0 Å². The number of amides is 2. The number of urea groups is 1. The Hall–Kier alpha value is -1.85. The fraction of sp³-hybridized carbons (Fsp3) is 0.647. The fourth-order valence-electron chi connectivity index (χ4n) is 3.24. The molecule has 0 aromatic carbocycles. The van der Waals surface area contributed by atoms with Gasteiger partial charge in [0.05, 0.1) is 12.7 Å². The van der Waals surface area contributed by atoms with Crippen LogP contribution in [0.2, 0.25) is 0 Å². The summed E-state index contributed by atoms with van der Waals surface area (Å²) in [6.07, 6.45) is -4.75. The molecule has 0 aliphatic carbocycles. The number of carbonyl (C=O) groups excluding carboxylic acids is 1. The smallest absolute Gasteiger partial charge is 0.475 e. The summed E-state index contributed by atoms with van der Waals surface area (Å²) in [6.45, 7) is 4.58. The van der Waals surface area contributed by atoms with Gasteiger partial charge in [0.15, 0.2) is 0 Å². The van der Waals surface area contributed by atoms with E-state index in [1.165, 1.54) is 5.56 Å². The third kappa shape index (κ3) is 6.35. The number of carboxylic acid groups (broad SMARTS) is 1. The van der Waals surface area contributed by atoms with E-state index in [4.69, 9.17) is 14.6 Å². The summed E-state index contributed by atoms with van der Waals surface area (Å²) in [6, 6.07) is 2.17. The number of halogens is 3. The number of thiophene rings is 1. The molecule has 28 heavy (non-hydrogen) atoms. The molecule has 2 N–H and O–H groups in total. The number of rotatable bonds is 4. The molecule has 7 nitrogen and oxygen atoms in total. The zero-order valence-corrected chi connectivity index (χ0v) is 16.4. The average molecular weight is 423 g/mol. The average Bonchev–Trinajstić information content (AvgIpc) is 3.30. The highest BCUT2D eigenvalue weighted by Gasteiger charge is 2.43. The Morgan fingerprint density at radius 1 is 1.39 bits per heavy atom. The van der Waals surface area contributed by atoms with Gasteiger partial charge < -0.3 is 20.1 Å². The minimum absolute atomic E-state index is 0.0217. The molecule has 0 unspecified atom stereocenters. The Bertz CT molecular complexity index is 655. The van der Waals surface area contributed by atoms with Gasteiger partial charge in [0.2, 0.25) is 0 Å². The van der Waals surface area contributed by atoms with Crippen LogP contribution < -0.4 is 5.32 Å². The molecule has 2 amide bonds. The van der Waals surface area contributed by atoms with Gasteiger partial charge in [-0.05, 0) is 22.4 Å². The molecular formula is C17H24F3N3O4S. The van der Waals surface area contributed by atoms with E-state index in [-0.39, 0.29) is 6.03 Å². The molecule has 2 aliphatic rings. The zero-order valence-electron chi connectivity index (χ0n) is 15.6. The Morgan fingerprint density at radius 2 is 2.07 bits per heavy atom. The quantitative estimate of drug-likeness (QED) is 0.775. The highest BCUT2D eigenvalue weighted by molar-refractivity contribution is 7.07. The lowest BCUT2D eigenvalue weighted by Crippen LogP contribution is -2.39. The van der Waals surface area contributed by atoms with Crippen molar-refractivity contribution in [3.05, 3.63) is 22.4 Å². The minimum Gasteiger partial charge on any atom is -0.475 e. The van der Waals surface area contributed by atoms with Crippen LogP contribution in [0.4, 0.5) is 18.0 Å². The number of nitrogens with one attached hydrogen (secondary N) is 1. The molecule has 3 heterocycles. The number of likely N-dealkylation sites (tertiary alicyclic amines) is 1. The van der Waals surface area contributed by atoms with Crippen LogP contribution in [0, 0.1) is 11.8 Å². The summed E-state index contributed by atoms with van der Waals surface area (Å²) < 4.78 is 37.7. The summed E-state index contributed by atoms with van der Waals surface area (Å²) >= 11 is 1.75. The third-order valence-corrected chi connectivity index (χ3v) is 5.40. The van der Waals surface area contributed by atoms with Crippen molar-refractivity contribution in [1.82, 2.24) is 15.1 Å². The molecule has 0 radical (unpaired) electrons. The van der Waals surface area contributed by atoms with Gasteiger partial charge in [-0.2, -0.15) is 24.5 Å². The lowest BCUT2D eigenvalue weighted by atomic mass is 9.93. The van der Waals surface area contributed by atoms with Crippen molar-refractivity contribution >= 4 is 23.3 Å². The number of fused-ring (bicyclic) bond motifs is 1. The maximum atomic E-state index is 11.6. The van der Waals surface area contributed by atoms with Crippen molar-refractivity contribution in [3.8, 4) is 0 Å². The SMILES string of the molecule is CN(C)C(=O)NC[C@H]1CO[C@@H]2CN(Cc3ccsc3)C[C@H]12.O=C(O)C(F)(F)F. The normalized spacial score (nSPS) is 24.2. The van der Waals surface area contributed by atoms with E-state index in [9.17, 15) is 18.0 Å². The first-order chi connectivity index (χ1) is 13.1. The second-order valence-corrected chi connectivity index (χ2v) is 7.78. The number of carbonyl (C=O) groups is 2. The maximum Gasteiger partial charge on any atom is 0.490 e. The molecule has 2 fully saturated rings. The second kappa shape index (κ2) is 9.57. The Morgan fingerprint density at radius 3 is 2.61 bits per heavy atom. The molecule has 1 aromatic heterocycles. The molecule has 0 saturated carbocycles. The number of carboxylic acids is 1. The molecule has 1 aromatic rings. The molecule has 0 bridgehead atoms. The number of ether oxygens (including phenoxy) is 1. The molecular weight excluding hydrogens is 399 g/mol. The Balaban J connectivity index is 0.000000345. The number of nitrogens with zero attached hydrogens (tertiary/aromatic N) is 2. The van der Waals surface area contributed by atoms with Crippen molar-refractivity contribution in [2.24, 2.45) is 11.8 Å². The lowest BCUT2D eigenvalue weighted by molar-refractivity contribution is -0.192. The van der Waals surface area contributed by atoms with Gasteiger partial charge in [-0.15, -0.1) is 0 Å². The number of aliphatic carboxylic acids is 1. The van der Waals surface area contributed by atoms with E-state index in [1.54, 1.807) is 30.3 Å². The second-order valence-electron chi connectivity index (χ2n) is 7.00. The van der Waals surface area contributed by atoms with Crippen molar-refractivity contribution in [1.29, 1.82) is 0 Å². The molecule has 11 heteroatoms. The van der Waals surface area contributed by atoms with E-state index in [0.29, 0.717) is 24.5 Å². The monoisotopic (exact) mass is 423 g/mol. The highest BCUT2D eigenvalue weighted by Crippen LogP contribution is 2.34. The fourth-order valence-corrected chi connectivity index (χ4v) is 3.90. The Kier molecular flexibility index (Phi) is 7.67. The van der Waals surface area contributed by atoms with E-state index < -0.39 is 12.1 Å². The third-order valence-electron chi connectivity index (χ3n) is 4.67. The summed E-state index contributed by atoms with van der Waals surface area (Å²) in [5, 5.41) is 14.5. The summed E-state index contributed by atoms with van der Waals surface area (Å²) in [5.74, 6) is -1.77. The predicted molar refractivity (Wildman–Crippen MR) is 97.1 cm³/mol. The number of hydrogen-bond donors (Lipinski definition) is 2. The van der Waals surface area contributed by atoms with Crippen LogP contribution in [0.5, 0.6) is 0 Å². The first-order valence-corrected chi connectivity index (χ1v) is 9.62. The lowest BCUT2D eigenvalue weighted by Gasteiger charge is -2.20. The standard InChI is InChI=1S/C15H23N3O2S.C2HF3O2/c1-17(2)15(19)16-5-12-9-20-14-8-18(7-13(12)14)6-11-3-4-21-10-11;3-2(4,5)1(6)7/h3-4,10,12-14H,5-9H2,1-2H3,(H,16,19);(H,6,7)/t12-,13+,14+;/m0./s1. The van der Waals surface area contributed by atoms with Gasteiger partial charge in [-0.25, -0.2) is 9.59 Å². The topological polar surface area (TPSA) is 82.1 Å². The van der Waals surface area contributed by atoms with E-state index >= 15 is 0 Å².